The highest BCUT2D eigenvalue weighted by atomic mass is 15.0. The molecule has 2 aliphatic carbocycles. The molecule has 0 saturated heterocycles. The van der Waals surface area contributed by atoms with Gasteiger partial charge in [-0.25, -0.2) is 4.98 Å². The number of aryl methyl sites for hydroxylation is 2. The number of nitrogens with zero attached hydrogens (tertiary/aromatic N) is 1. The van der Waals surface area contributed by atoms with Crippen molar-refractivity contribution in [3.05, 3.63) is 23.4 Å². The Hall–Kier alpha value is -1.09. The molecule has 3 heteroatoms. The summed E-state index contributed by atoms with van der Waals surface area (Å²) in [6.07, 6.45) is 8.27. The minimum atomic E-state index is 0.418. The van der Waals surface area contributed by atoms with Gasteiger partial charge in [0.15, 0.2) is 0 Å². The van der Waals surface area contributed by atoms with Crippen LogP contribution in [-0.2, 0) is 12.8 Å². The lowest BCUT2D eigenvalue weighted by molar-refractivity contribution is 0.410. The van der Waals surface area contributed by atoms with Gasteiger partial charge in [0.2, 0.25) is 0 Å². The highest BCUT2D eigenvalue weighted by Crippen LogP contribution is 2.24. The van der Waals surface area contributed by atoms with Crippen molar-refractivity contribution in [3.63, 3.8) is 0 Å². The zero-order chi connectivity index (χ0) is 11.7. The van der Waals surface area contributed by atoms with Crippen LogP contribution in [-0.4, -0.2) is 17.1 Å². The van der Waals surface area contributed by atoms with E-state index in [2.05, 4.69) is 17.4 Å². The Kier molecular flexibility index (Phi) is 3.02. The van der Waals surface area contributed by atoms with E-state index in [1.165, 1.54) is 36.9 Å². The molecule has 3 N–H and O–H groups in total. The molecule has 1 aromatic rings. The lowest BCUT2D eigenvalue weighted by Crippen LogP contribution is -2.33. The van der Waals surface area contributed by atoms with Gasteiger partial charge in [0, 0.05) is 17.8 Å². The summed E-state index contributed by atoms with van der Waals surface area (Å²) >= 11 is 0. The molecule has 0 aromatic carbocycles. The van der Waals surface area contributed by atoms with E-state index in [1.54, 1.807) is 0 Å². The highest BCUT2D eigenvalue weighted by Gasteiger charge is 2.19. The van der Waals surface area contributed by atoms with E-state index in [1.807, 2.05) is 0 Å². The van der Waals surface area contributed by atoms with Crippen LogP contribution >= 0.6 is 0 Å². The Balaban J connectivity index is 1.65. The molecule has 2 aliphatic rings. The third-order valence-corrected chi connectivity index (χ3v) is 4.05. The minimum Gasteiger partial charge on any atom is -0.367 e. The molecule has 0 unspecified atom stereocenters. The SMILES string of the molecule is NC1CCC(Nc2ccc3c(n2)CCC3)CC1. The van der Waals surface area contributed by atoms with Crippen molar-refractivity contribution in [2.24, 2.45) is 5.73 Å². The Bertz CT molecular complexity index is 394. The monoisotopic (exact) mass is 231 g/mol. The van der Waals surface area contributed by atoms with Gasteiger partial charge in [0.25, 0.3) is 0 Å². The second-order valence-electron chi connectivity index (χ2n) is 5.41. The predicted molar refractivity (Wildman–Crippen MR) is 70.1 cm³/mol. The number of anilines is 1. The molecule has 1 heterocycles. The van der Waals surface area contributed by atoms with Crippen LogP contribution in [0, 0.1) is 0 Å². The molecule has 3 nitrogen and oxygen atoms in total. The smallest absolute Gasteiger partial charge is 0.126 e. The van der Waals surface area contributed by atoms with Gasteiger partial charge >= 0.3 is 0 Å². The van der Waals surface area contributed by atoms with E-state index in [4.69, 9.17) is 10.7 Å². The summed E-state index contributed by atoms with van der Waals surface area (Å²) in [5.41, 5.74) is 8.67. The molecule has 3 rings (SSSR count). The number of hydrogen-bond donors (Lipinski definition) is 2. The first-order valence-electron chi connectivity index (χ1n) is 6.82. The van der Waals surface area contributed by atoms with E-state index < -0.39 is 0 Å². The predicted octanol–water partition coefficient (Wildman–Crippen LogP) is 2.25. The van der Waals surface area contributed by atoms with Gasteiger partial charge in [-0.2, -0.15) is 0 Å². The second kappa shape index (κ2) is 4.65. The van der Waals surface area contributed by atoms with Gasteiger partial charge in [0.05, 0.1) is 0 Å². The average molecular weight is 231 g/mol. The lowest BCUT2D eigenvalue weighted by Gasteiger charge is -2.27. The Labute approximate surface area is 103 Å². The summed E-state index contributed by atoms with van der Waals surface area (Å²) in [4.78, 5) is 4.72. The Morgan fingerprint density at radius 1 is 1.12 bits per heavy atom. The van der Waals surface area contributed by atoms with E-state index in [-0.39, 0.29) is 0 Å². The standard InChI is InChI=1S/C14H21N3/c15-11-5-7-12(8-6-11)16-14-9-4-10-2-1-3-13(10)17-14/h4,9,11-12H,1-3,5-8,15H2,(H,16,17). The largest absolute Gasteiger partial charge is 0.367 e. The topological polar surface area (TPSA) is 50.9 Å². The van der Waals surface area contributed by atoms with E-state index >= 15 is 0 Å². The second-order valence-corrected chi connectivity index (χ2v) is 5.41. The van der Waals surface area contributed by atoms with Crippen molar-refractivity contribution in [2.75, 3.05) is 5.32 Å². The van der Waals surface area contributed by atoms with Gasteiger partial charge < -0.3 is 11.1 Å². The Morgan fingerprint density at radius 3 is 2.76 bits per heavy atom. The van der Waals surface area contributed by atoms with Crippen LogP contribution in [0.25, 0.3) is 0 Å². The van der Waals surface area contributed by atoms with Crippen LogP contribution in [0.2, 0.25) is 0 Å². The molecule has 1 fully saturated rings. The molecule has 1 saturated carbocycles. The molecule has 0 amide bonds. The first-order chi connectivity index (χ1) is 8.31. The van der Waals surface area contributed by atoms with Gasteiger partial charge in [-0.15, -0.1) is 0 Å². The fraction of sp³-hybridized carbons (Fsp3) is 0.643. The molecule has 0 bridgehead atoms. The average Bonchev–Trinajstić information content (AvgIpc) is 2.79. The number of pyridine rings is 1. The molecule has 0 spiro atoms. The minimum absolute atomic E-state index is 0.418. The number of hydrogen-bond acceptors (Lipinski definition) is 3. The van der Waals surface area contributed by atoms with Crippen molar-refractivity contribution in [3.8, 4) is 0 Å². The first-order valence-corrected chi connectivity index (χ1v) is 6.82. The maximum absolute atomic E-state index is 5.92. The van der Waals surface area contributed by atoms with Crippen molar-refractivity contribution < 1.29 is 0 Å². The lowest BCUT2D eigenvalue weighted by atomic mass is 9.92. The van der Waals surface area contributed by atoms with E-state index in [9.17, 15) is 0 Å². The molecule has 17 heavy (non-hydrogen) atoms. The fourth-order valence-corrected chi connectivity index (χ4v) is 2.97. The van der Waals surface area contributed by atoms with Crippen molar-refractivity contribution in [1.29, 1.82) is 0 Å². The summed E-state index contributed by atoms with van der Waals surface area (Å²) < 4.78 is 0. The van der Waals surface area contributed by atoms with Crippen LogP contribution < -0.4 is 11.1 Å². The van der Waals surface area contributed by atoms with E-state index in [0.717, 1.165) is 25.1 Å². The molecule has 0 atom stereocenters. The molecule has 1 aromatic heterocycles. The molecular formula is C14H21N3. The van der Waals surface area contributed by atoms with Crippen molar-refractivity contribution >= 4 is 5.82 Å². The Morgan fingerprint density at radius 2 is 1.94 bits per heavy atom. The van der Waals surface area contributed by atoms with Crippen molar-refractivity contribution in [2.45, 2.75) is 57.0 Å². The normalized spacial score (nSPS) is 27.8. The summed E-state index contributed by atoms with van der Waals surface area (Å²) in [5.74, 6) is 1.06. The van der Waals surface area contributed by atoms with Crippen LogP contribution in [0.5, 0.6) is 0 Å². The summed E-state index contributed by atoms with van der Waals surface area (Å²) in [7, 11) is 0. The number of aromatic nitrogens is 1. The fourth-order valence-electron chi connectivity index (χ4n) is 2.97. The maximum atomic E-state index is 5.92. The van der Waals surface area contributed by atoms with Crippen LogP contribution in [0.3, 0.4) is 0 Å². The quantitative estimate of drug-likeness (QED) is 0.821. The molecule has 0 aliphatic heterocycles. The zero-order valence-corrected chi connectivity index (χ0v) is 10.3. The third kappa shape index (κ3) is 2.44. The third-order valence-electron chi connectivity index (χ3n) is 4.05. The van der Waals surface area contributed by atoms with E-state index in [0.29, 0.717) is 12.1 Å². The molecule has 0 radical (unpaired) electrons. The number of fused-ring (bicyclic) bond motifs is 1. The molecule has 92 valence electrons. The zero-order valence-electron chi connectivity index (χ0n) is 10.3. The van der Waals surface area contributed by atoms with Crippen LogP contribution in [0.1, 0.15) is 43.4 Å². The number of rotatable bonds is 2. The van der Waals surface area contributed by atoms with Crippen LogP contribution in [0.4, 0.5) is 5.82 Å². The van der Waals surface area contributed by atoms with Crippen LogP contribution in [0.15, 0.2) is 12.1 Å². The van der Waals surface area contributed by atoms with Gasteiger partial charge in [-0.05, 0) is 56.6 Å². The van der Waals surface area contributed by atoms with Gasteiger partial charge in [-0.3, -0.25) is 0 Å². The number of nitrogens with one attached hydrogen (secondary N) is 1. The van der Waals surface area contributed by atoms with Gasteiger partial charge in [0.1, 0.15) is 5.82 Å². The summed E-state index contributed by atoms with van der Waals surface area (Å²) in [6.45, 7) is 0. The van der Waals surface area contributed by atoms with Crippen molar-refractivity contribution in [1.82, 2.24) is 4.98 Å². The maximum Gasteiger partial charge on any atom is 0.126 e. The summed E-state index contributed by atoms with van der Waals surface area (Å²) in [5, 5.41) is 3.56. The number of nitrogens with two attached hydrogens (primary N) is 1. The molecular weight excluding hydrogens is 210 g/mol. The highest BCUT2D eigenvalue weighted by molar-refractivity contribution is 5.41. The first kappa shape index (κ1) is 11.0. The van der Waals surface area contributed by atoms with Gasteiger partial charge in [-0.1, -0.05) is 6.07 Å². The summed E-state index contributed by atoms with van der Waals surface area (Å²) in [6, 6.07) is 5.37.